The fourth-order valence-corrected chi connectivity index (χ4v) is 3.41. The van der Waals surface area contributed by atoms with Crippen LogP contribution in [0.1, 0.15) is 28.7 Å². The predicted molar refractivity (Wildman–Crippen MR) is 114 cm³/mol. The number of hydrogen-bond donors (Lipinski definition) is 3. The minimum absolute atomic E-state index is 0.0222. The molecule has 1 aromatic carbocycles. The normalized spacial score (nSPS) is 11.1. The Balaban J connectivity index is 1.97. The minimum Gasteiger partial charge on any atom is -0.364 e. The van der Waals surface area contributed by atoms with E-state index in [1.165, 1.54) is 12.1 Å². The average molecular weight is 427 g/mol. The van der Waals surface area contributed by atoms with E-state index in [2.05, 4.69) is 25.6 Å². The summed E-state index contributed by atoms with van der Waals surface area (Å²) in [7, 11) is -3.39. The number of carbonyl (C=O) groups is 1. The third-order valence-corrected chi connectivity index (χ3v) is 5.38. The summed E-state index contributed by atoms with van der Waals surface area (Å²) in [5.74, 6) is -0.0942. The molecule has 1 amide bonds. The highest BCUT2D eigenvalue weighted by Crippen LogP contribution is 2.24. The summed E-state index contributed by atoms with van der Waals surface area (Å²) in [5.41, 5.74) is 7.52. The molecule has 0 atom stereocenters. The van der Waals surface area contributed by atoms with Crippen LogP contribution < -0.4 is 16.4 Å². The van der Waals surface area contributed by atoms with Gasteiger partial charge in [-0.15, -0.1) is 0 Å². The maximum absolute atomic E-state index is 12.0. The Hall–Kier alpha value is -3.53. The Labute approximate surface area is 174 Å². The van der Waals surface area contributed by atoms with Crippen LogP contribution >= 0.6 is 0 Å². The van der Waals surface area contributed by atoms with Crippen molar-refractivity contribution >= 4 is 33.1 Å². The van der Waals surface area contributed by atoms with Crippen LogP contribution in [0.4, 0.5) is 17.3 Å². The van der Waals surface area contributed by atoms with Crippen molar-refractivity contribution in [2.45, 2.75) is 24.8 Å². The van der Waals surface area contributed by atoms with Gasteiger partial charge in [0.25, 0.3) is 5.91 Å². The van der Waals surface area contributed by atoms with Crippen LogP contribution in [0.3, 0.4) is 0 Å². The SMILES string of the molecule is CCc1nc(C(N)=O)c(Nc2cccc(S(C)(=O)=O)c2)nc1NCc1ccncc1. The number of benzene rings is 1. The number of rotatable bonds is 8. The Morgan fingerprint density at radius 1 is 1.10 bits per heavy atom. The number of aromatic nitrogens is 3. The molecule has 2 aromatic heterocycles. The van der Waals surface area contributed by atoms with E-state index >= 15 is 0 Å². The Bertz CT molecular complexity index is 1170. The summed E-state index contributed by atoms with van der Waals surface area (Å²) < 4.78 is 23.7. The first-order valence-electron chi connectivity index (χ1n) is 9.18. The number of nitrogens with two attached hydrogens (primary N) is 1. The molecule has 3 rings (SSSR count). The molecule has 9 nitrogen and oxygen atoms in total. The lowest BCUT2D eigenvalue weighted by molar-refractivity contribution is 0.0996. The number of nitrogens with zero attached hydrogens (tertiary/aromatic N) is 3. The topological polar surface area (TPSA) is 140 Å². The van der Waals surface area contributed by atoms with Crippen molar-refractivity contribution in [1.82, 2.24) is 15.0 Å². The molecule has 10 heteroatoms. The first-order valence-corrected chi connectivity index (χ1v) is 11.1. The molecule has 0 unspecified atom stereocenters. The van der Waals surface area contributed by atoms with Gasteiger partial charge < -0.3 is 16.4 Å². The van der Waals surface area contributed by atoms with Gasteiger partial charge in [-0.05, 0) is 42.3 Å². The van der Waals surface area contributed by atoms with E-state index in [-0.39, 0.29) is 16.4 Å². The molecular weight excluding hydrogens is 404 g/mol. The van der Waals surface area contributed by atoms with Crippen molar-refractivity contribution in [3.63, 3.8) is 0 Å². The zero-order chi connectivity index (χ0) is 21.7. The molecule has 0 aliphatic carbocycles. The molecule has 0 aliphatic heterocycles. The van der Waals surface area contributed by atoms with Gasteiger partial charge in [0.05, 0.1) is 10.6 Å². The number of primary amides is 1. The summed E-state index contributed by atoms with van der Waals surface area (Å²) in [6.45, 7) is 2.39. The highest BCUT2D eigenvalue weighted by Gasteiger charge is 2.18. The van der Waals surface area contributed by atoms with Gasteiger partial charge in [0.15, 0.2) is 27.2 Å². The lowest BCUT2D eigenvalue weighted by atomic mass is 10.2. The van der Waals surface area contributed by atoms with Crippen LogP contribution in [0.5, 0.6) is 0 Å². The molecule has 30 heavy (non-hydrogen) atoms. The lowest BCUT2D eigenvalue weighted by Crippen LogP contribution is -2.19. The largest absolute Gasteiger partial charge is 0.364 e. The number of pyridine rings is 1. The van der Waals surface area contributed by atoms with Gasteiger partial charge in [0, 0.05) is 30.9 Å². The number of anilines is 3. The summed E-state index contributed by atoms with van der Waals surface area (Å²) in [6, 6.07) is 9.96. The van der Waals surface area contributed by atoms with Crippen LogP contribution in [0, 0.1) is 0 Å². The van der Waals surface area contributed by atoms with E-state index < -0.39 is 15.7 Å². The van der Waals surface area contributed by atoms with Crippen molar-refractivity contribution in [3.8, 4) is 0 Å². The van der Waals surface area contributed by atoms with Gasteiger partial charge in [0.1, 0.15) is 0 Å². The molecule has 2 heterocycles. The third kappa shape index (κ3) is 5.09. The molecule has 156 valence electrons. The van der Waals surface area contributed by atoms with E-state index in [0.29, 0.717) is 30.2 Å². The Kier molecular flexibility index (Phi) is 6.26. The second-order valence-electron chi connectivity index (χ2n) is 6.57. The first-order chi connectivity index (χ1) is 14.3. The first kappa shape index (κ1) is 21.2. The molecular formula is C20H22N6O3S. The monoisotopic (exact) mass is 426 g/mol. The molecule has 3 aromatic rings. The Morgan fingerprint density at radius 2 is 1.83 bits per heavy atom. The zero-order valence-electron chi connectivity index (χ0n) is 16.6. The van der Waals surface area contributed by atoms with Crippen molar-refractivity contribution in [1.29, 1.82) is 0 Å². The van der Waals surface area contributed by atoms with E-state index in [9.17, 15) is 13.2 Å². The predicted octanol–water partition coefficient (Wildman–Crippen LogP) is 2.29. The highest BCUT2D eigenvalue weighted by atomic mass is 32.2. The van der Waals surface area contributed by atoms with Crippen molar-refractivity contribution < 1.29 is 13.2 Å². The maximum atomic E-state index is 12.0. The smallest absolute Gasteiger partial charge is 0.271 e. The molecule has 0 saturated carbocycles. The average Bonchev–Trinajstić information content (AvgIpc) is 2.72. The highest BCUT2D eigenvalue weighted by molar-refractivity contribution is 7.90. The van der Waals surface area contributed by atoms with E-state index in [4.69, 9.17) is 5.73 Å². The van der Waals surface area contributed by atoms with Crippen LogP contribution in [-0.2, 0) is 22.8 Å². The second kappa shape index (κ2) is 8.87. The van der Waals surface area contributed by atoms with Gasteiger partial charge in [-0.3, -0.25) is 9.78 Å². The van der Waals surface area contributed by atoms with Crippen LogP contribution in [0.2, 0.25) is 0 Å². The fraction of sp³-hybridized carbons (Fsp3) is 0.200. The third-order valence-electron chi connectivity index (χ3n) is 4.27. The number of hydrogen-bond acceptors (Lipinski definition) is 8. The van der Waals surface area contributed by atoms with Gasteiger partial charge in [-0.2, -0.15) is 0 Å². The molecule has 0 saturated heterocycles. The number of nitrogens with one attached hydrogen (secondary N) is 2. The minimum atomic E-state index is -3.39. The fourth-order valence-electron chi connectivity index (χ4n) is 2.74. The number of amides is 1. The summed E-state index contributed by atoms with van der Waals surface area (Å²) in [6.07, 6.45) is 5.05. The van der Waals surface area contributed by atoms with Crippen molar-refractivity contribution in [3.05, 3.63) is 65.7 Å². The van der Waals surface area contributed by atoms with E-state index in [1.807, 2.05) is 19.1 Å². The van der Waals surface area contributed by atoms with Crippen molar-refractivity contribution in [2.75, 3.05) is 16.9 Å². The molecule has 0 bridgehead atoms. The molecule has 0 aliphatic rings. The zero-order valence-corrected chi connectivity index (χ0v) is 17.4. The number of sulfone groups is 1. The molecule has 0 fully saturated rings. The van der Waals surface area contributed by atoms with Gasteiger partial charge in [-0.25, -0.2) is 18.4 Å². The van der Waals surface area contributed by atoms with Crippen molar-refractivity contribution in [2.24, 2.45) is 5.73 Å². The second-order valence-corrected chi connectivity index (χ2v) is 8.58. The summed E-state index contributed by atoms with van der Waals surface area (Å²) >= 11 is 0. The van der Waals surface area contributed by atoms with Gasteiger partial charge in [-0.1, -0.05) is 13.0 Å². The lowest BCUT2D eigenvalue weighted by Gasteiger charge is -2.15. The summed E-state index contributed by atoms with van der Waals surface area (Å²) in [5, 5.41) is 6.19. The van der Waals surface area contributed by atoms with E-state index in [0.717, 1.165) is 11.8 Å². The van der Waals surface area contributed by atoms with Crippen LogP contribution in [0.25, 0.3) is 0 Å². The van der Waals surface area contributed by atoms with Crippen LogP contribution in [-0.4, -0.2) is 35.5 Å². The quantitative estimate of drug-likeness (QED) is 0.498. The molecule has 0 spiro atoms. The number of carbonyl (C=O) groups excluding carboxylic acids is 1. The molecule has 4 N–H and O–H groups in total. The Morgan fingerprint density at radius 3 is 2.47 bits per heavy atom. The van der Waals surface area contributed by atoms with Crippen LogP contribution in [0.15, 0.2) is 53.7 Å². The van der Waals surface area contributed by atoms with E-state index in [1.54, 1.807) is 24.5 Å². The standard InChI is InChI=1S/C20H22N6O3S/c1-3-16-19(23-12-13-7-9-22-10-8-13)26-20(17(25-16)18(21)27)24-14-5-4-6-15(11-14)30(2,28)29/h4-11H,3,12H2,1-2H3,(H2,21,27)(H2,23,24,26). The maximum Gasteiger partial charge on any atom is 0.271 e. The van der Waals surface area contributed by atoms with Gasteiger partial charge in [0.2, 0.25) is 0 Å². The van der Waals surface area contributed by atoms with Gasteiger partial charge >= 0.3 is 0 Å². The number of aryl methyl sites for hydroxylation is 1. The summed E-state index contributed by atoms with van der Waals surface area (Å²) in [4.78, 5) is 25.0. The molecule has 0 radical (unpaired) electrons.